The zero-order valence-electron chi connectivity index (χ0n) is 9.70. The van der Waals surface area contributed by atoms with Crippen LogP contribution in [0.1, 0.15) is 11.1 Å². The van der Waals surface area contributed by atoms with Gasteiger partial charge in [0.05, 0.1) is 5.56 Å². The molecule has 1 aliphatic carbocycles. The molecule has 2 nitrogen and oxygen atoms in total. The van der Waals surface area contributed by atoms with Crippen molar-refractivity contribution < 1.29 is 22.8 Å². The van der Waals surface area contributed by atoms with Gasteiger partial charge < -0.3 is 0 Å². The lowest BCUT2D eigenvalue weighted by Crippen LogP contribution is -2.10. The zero-order chi connectivity index (χ0) is 14.0. The van der Waals surface area contributed by atoms with Crippen molar-refractivity contribution in [3.05, 3.63) is 59.2 Å². The monoisotopic (exact) mass is 266 g/mol. The molecule has 0 fully saturated rings. The van der Waals surface area contributed by atoms with Crippen LogP contribution in [0.2, 0.25) is 0 Å². The van der Waals surface area contributed by atoms with E-state index >= 15 is 0 Å². The molecule has 1 aromatic carbocycles. The van der Waals surface area contributed by atoms with Gasteiger partial charge in [-0.3, -0.25) is 9.59 Å². The first-order chi connectivity index (χ1) is 8.86. The maximum atomic E-state index is 12.5. The number of alkyl halides is 3. The lowest BCUT2D eigenvalue weighted by atomic mass is 9.96. The van der Waals surface area contributed by atoms with Gasteiger partial charge >= 0.3 is 6.18 Å². The first-order valence-electron chi connectivity index (χ1n) is 5.49. The second-order valence-electron chi connectivity index (χ2n) is 4.14. The number of benzene rings is 1. The minimum absolute atomic E-state index is 0.0127. The van der Waals surface area contributed by atoms with Crippen LogP contribution in [0.5, 0.6) is 0 Å². The van der Waals surface area contributed by atoms with Crippen LogP contribution < -0.4 is 0 Å². The molecule has 0 amide bonds. The Hall–Kier alpha value is -2.17. The van der Waals surface area contributed by atoms with Gasteiger partial charge in [0.15, 0.2) is 11.6 Å². The van der Waals surface area contributed by atoms with Gasteiger partial charge in [0.25, 0.3) is 0 Å². The van der Waals surface area contributed by atoms with Crippen molar-refractivity contribution in [2.45, 2.75) is 12.6 Å². The van der Waals surface area contributed by atoms with Crippen LogP contribution >= 0.6 is 0 Å². The summed E-state index contributed by atoms with van der Waals surface area (Å²) < 4.78 is 37.6. The number of carbonyl (C=O) groups is 2. The molecule has 0 aromatic heterocycles. The highest BCUT2D eigenvalue weighted by molar-refractivity contribution is 6.17. The van der Waals surface area contributed by atoms with Crippen LogP contribution in [-0.4, -0.2) is 11.6 Å². The molecule has 19 heavy (non-hydrogen) atoms. The SMILES string of the molecule is O=C1C=CC(=O)C(Cc2cccc(C(F)(F)F)c2)=C1. The van der Waals surface area contributed by atoms with Gasteiger partial charge in [-0.25, -0.2) is 0 Å². The van der Waals surface area contributed by atoms with E-state index in [1.165, 1.54) is 12.1 Å². The summed E-state index contributed by atoms with van der Waals surface area (Å²) in [5.74, 6) is -0.682. The van der Waals surface area contributed by atoms with E-state index in [1.54, 1.807) is 0 Å². The van der Waals surface area contributed by atoms with Gasteiger partial charge in [0.1, 0.15) is 0 Å². The van der Waals surface area contributed by atoms with Crippen molar-refractivity contribution >= 4 is 11.6 Å². The predicted octanol–water partition coefficient (Wildman–Crippen LogP) is 2.88. The zero-order valence-corrected chi connectivity index (χ0v) is 9.70. The summed E-state index contributed by atoms with van der Waals surface area (Å²) in [4.78, 5) is 22.6. The number of hydrogen-bond acceptors (Lipinski definition) is 2. The molecular weight excluding hydrogens is 257 g/mol. The minimum Gasteiger partial charge on any atom is -0.290 e. The topological polar surface area (TPSA) is 34.1 Å². The molecule has 5 heteroatoms. The van der Waals surface area contributed by atoms with Gasteiger partial charge in [0.2, 0.25) is 0 Å². The van der Waals surface area contributed by atoms with E-state index < -0.39 is 11.7 Å². The first-order valence-corrected chi connectivity index (χ1v) is 5.49. The van der Waals surface area contributed by atoms with Crippen molar-refractivity contribution in [1.82, 2.24) is 0 Å². The second-order valence-corrected chi connectivity index (χ2v) is 4.14. The lowest BCUT2D eigenvalue weighted by molar-refractivity contribution is -0.137. The maximum Gasteiger partial charge on any atom is 0.416 e. The number of rotatable bonds is 2. The highest BCUT2D eigenvalue weighted by Crippen LogP contribution is 2.30. The van der Waals surface area contributed by atoms with Crippen LogP contribution in [0, 0.1) is 0 Å². The Kier molecular flexibility index (Phi) is 3.38. The highest BCUT2D eigenvalue weighted by Gasteiger charge is 2.30. The van der Waals surface area contributed by atoms with Gasteiger partial charge in [0, 0.05) is 12.0 Å². The van der Waals surface area contributed by atoms with E-state index in [0.717, 1.165) is 30.4 Å². The molecule has 0 bridgehead atoms. The number of ketones is 2. The molecule has 0 aliphatic heterocycles. The molecule has 2 rings (SSSR count). The van der Waals surface area contributed by atoms with E-state index in [2.05, 4.69) is 0 Å². The molecule has 0 saturated heterocycles. The third kappa shape index (κ3) is 3.19. The number of carbonyl (C=O) groups excluding carboxylic acids is 2. The van der Waals surface area contributed by atoms with Crippen molar-refractivity contribution in [3.8, 4) is 0 Å². The van der Waals surface area contributed by atoms with Crippen LogP contribution in [0.4, 0.5) is 13.2 Å². The fourth-order valence-electron chi connectivity index (χ4n) is 1.77. The molecule has 98 valence electrons. The largest absolute Gasteiger partial charge is 0.416 e. The van der Waals surface area contributed by atoms with E-state index in [1.807, 2.05) is 0 Å². The van der Waals surface area contributed by atoms with E-state index in [4.69, 9.17) is 0 Å². The molecule has 0 radical (unpaired) electrons. The van der Waals surface area contributed by atoms with E-state index in [9.17, 15) is 22.8 Å². The highest BCUT2D eigenvalue weighted by atomic mass is 19.4. The molecular formula is C14H9F3O2. The van der Waals surface area contributed by atoms with Crippen LogP contribution in [-0.2, 0) is 22.2 Å². The van der Waals surface area contributed by atoms with Crippen LogP contribution in [0.3, 0.4) is 0 Å². The summed E-state index contributed by atoms with van der Waals surface area (Å²) in [6.07, 6.45) is -0.985. The molecule has 1 aliphatic rings. The van der Waals surface area contributed by atoms with Gasteiger partial charge in [-0.2, -0.15) is 13.2 Å². The third-order valence-electron chi connectivity index (χ3n) is 2.68. The summed E-state index contributed by atoms with van der Waals surface area (Å²) in [5, 5.41) is 0. The van der Waals surface area contributed by atoms with Crippen LogP contribution in [0.25, 0.3) is 0 Å². The van der Waals surface area contributed by atoms with E-state index in [-0.39, 0.29) is 23.6 Å². The van der Waals surface area contributed by atoms with Crippen molar-refractivity contribution in [1.29, 1.82) is 0 Å². The van der Waals surface area contributed by atoms with Crippen LogP contribution in [0.15, 0.2) is 48.1 Å². The number of halogens is 3. The molecule has 0 saturated carbocycles. The maximum absolute atomic E-state index is 12.5. The predicted molar refractivity (Wildman–Crippen MR) is 62.4 cm³/mol. The molecule has 0 unspecified atom stereocenters. The fourth-order valence-corrected chi connectivity index (χ4v) is 1.77. The quantitative estimate of drug-likeness (QED) is 0.771. The Labute approximate surface area is 107 Å². The average molecular weight is 266 g/mol. The number of allylic oxidation sites excluding steroid dienone is 4. The summed E-state index contributed by atoms with van der Waals surface area (Å²) in [6, 6.07) is 4.72. The molecule has 0 atom stereocenters. The van der Waals surface area contributed by atoms with E-state index in [0.29, 0.717) is 5.56 Å². The molecule has 0 N–H and O–H groups in total. The standard InChI is InChI=1S/C14H9F3O2/c15-14(16,17)11-3-1-2-9(7-11)6-10-8-12(18)4-5-13(10)19/h1-5,7-8H,6H2. The first kappa shape index (κ1) is 13.3. The Balaban J connectivity index is 2.25. The van der Waals surface area contributed by atoms with Crippen molar-refractivity contribution in [3.63, 3.8) is 0 Å². The Bertz CT molecular complexity index is 595. The molecule has 1 aromatic rings. The molecule has 0 spiro atoms. The fraction of sp³-hybridized carbons (Fsp3) is 0.143. The second kappa shape index (κ2) is 4.84. The average Bonchev–Trinajstić information content (AvgIpc) is 2.33. The Morgan fingerprint density at radius 2 is 1.79 bits per heavy atom. The van der Waals surface area contributed by atoms with Crippen molar-refractivity contribution in [2.24, 2.45) is 0 Å². The minimum atomic E-state index is -4.42. The Morgan fingerprint density at radius 3 is 2.47 bits per heavy atom. The number of hydrogen-bond donors (Lipinski definition) is 0. The summed E-state index contributed by atoms with van der Waals surface area (Å²) in [7, 11) is 0. The Morgan fingerprint density at radius 1 is 1.05 bits per heavy atom. The summed E-state index contributed by atoms with van der Waals surface area (Å²) in [6.45, 7) is 0. The summed E-state index contributed by atoms with van der Waals surface area (Å²) in [5.41, 5.74) is -0.222. The smallest absolute Gasteiger partial charge is 0.290 e. The van der Waals surface area contributed by atoms with Gasteiger partial charge in [-0.1, -0.05) is 18.2 Å². The summed E-state index contributed by atoms with van der Waals surface area (Å²) >= 11 is 0. The lowest BCUT2D eigenvalue weighted by Gasteiger charge is -2.10. The van der Waals surface area contributed by atoms with Crippen molar-refractivity contribution in [2.75, 3.05) is 0 Å². The van der Waals surface area contributed by atoms with Gasteiger partial charge in [-0.15, -0.1) is 0 Å². The normalized spacial score (nSPS) is 15.6. The third-order valence-corrected chi connectivity index (χ3v) is 2.68. The molecule has 0 heterocycles. The van der Waals surface area contributed by atoms with Gasteiger partial charge in [-0.05, 0) is 29.9 Å².